The van der Waals surface area contributed by atoms with E-state index in [0.717, 1.165) is 5.33 Å². The second-order valence-electron chi connectivity index (χ2n) is 6.35. The van der Waals surface area contributed by atoms with Gasteiger partial charge in [0, 0.05) is 17.9 Å². The minimum Gasteiger partial charge on any atom is -0.395 e. The van der Waals surface area contributed by atoms with Crippen LogP contribution in [0.1, 0.15) is 57.8 Å². The average Bonchev–Trinajstić information content (AvgIpc) is 2.65. The average molecular weight is 318 g/mol. The molecule has 1 aliphatic heterocycles. The third kappa shape index (κ3) is 3.71. The fourth-order valence-electron chi connectivity index (χ4n) is 3.72. The third-order valence-corrected chi connectivity index (χ3v) is 6.14. The summed E-state index contributed by atoms with van der Waals surface area (Å²) in [6.07, 6.45) is 12.1. The highest BCUT2D eigenvalue weighted by molar-refractivity contribution is 9.09. The molecular formula is C15H28BrNO. The molecule has 1 N–H and O–H groups in total. The van der Waals surface area contributed by atoms with Gasteiger partial charge in [-0.15, -0.1) is 0 Å². The van der Waals surface area contributed by atoms with Crippen LogP contribution in [0.5, 0.6) is 0 Å². The van der Waals surface area contributed by atoms with Crippen molar-refractivity contribution < 1.29 is 5.11 Å². The van der Waals surface area contributed by atoms with Crippen LogP contribution in [0.4, 0.5) is 0 Å². The Balaban J connectivity index is 1.99. The van der Waals surface area contributed by atoms with Gasteiger partial charge in [0.15, 0.2) is 0 Å². The van der Waals surface area contributed by atoms with Crippen molar-refractivity contribution in [3.63, 3.8) is 0 Å². The summed E-state index contributed by atoms with van der Waals surface area (Å²) < 4.78 is 0. The molecule has 0 spiro atoms. The Morgan fingerprint density at radius 2 is 1.78 bits per heavy atom. The fraction of sp³-hybridized carbons (Fsp3) is 1.00. The first-order chi connectivity index (χ1) is 8.79. The molecule has 2 aliphatic rings. The number of alkyl halides is 1. The number of nitrogens with zero attached hydrogens (tertiary/aromatic N) is 1. The van der Waals surface area contributed by atoms with E-state index in [1.165, 1.54) is 70.9 Å². The first kappa shape index (κ1) is 14.8. The Hall–Kier alpha value is 0.400. The minimum atomic E-state index is 0.346. The molecule has 1 heterocycles. The molecule has 1 unspecified atom stereocenters. The Morgan fingerprint density at radius 1 is 1.06 bits per heavy atom. The van der Waals surface area contributed by atoms with E-state index in [0.29, 0.717) is 18.1 Å². The number of aliphatic hydroxyl groups excluding tert-OH is 1. The molecule has 3 heteroatoms. The van der Waals surface area contributed by atoms with Crippen molar-refractivity contribution in [2.45, 2.75) is 63.8 Å². The molecule has 0 amide bonds. The molecule has 1 atom stereocenters. The van der Waals surface area contributed by atoms with Gasteiger partial charge in [-0.3, -0.25) is 4.90 Å². The van der Waals surface area contributed by atoms with Gasteiger partial charge in [0.25, 0.3) is 0 Å². The van der Waals surface area contributed by atoms with Gasteiger partial charge in [-0.05, 0) is 37.6 Å². The Kier molecular flexibility index (Phi) is 5.96. The van der Waals surface area contributed by atoms with Gasteiger partial charge in [0.05, 0.1) is 6.61 Å². The molecule has 2 fully saturated rings. The lowest BCUT2D eigenvalue weighted by atomic mass is 9.75. The zero-order valence-electron chi connectivity index (χ0n) is 11.5. The predicted molar refractivity (Wildman–Crippen MR) is 80.2 cm³/mol. The zero-order chi connectivity index (χ0) is 12.8. The van der Waals surface area contributed by atoms with Crippen molar-refractivity contribution in [2.24, 2.45) is 5.41 Å². The summed E-state index contributed by atoms with van der Waals surface area (Å²) >= 11 is 3.77. The van der Waals surface area contributed by atoms with E-state index in [1.807, 2.05) is 0 Å². The van der Waals surface area contributed by atoms with Crippen LogP contribution in [0.25, 0.3) is 0 Å². The van der Waals surface area contributed by atoms with E-state index in [9.17, 15) is 5.11 Å². The summed E-state index contributed by atoms with van der Waals surface area (Å²) in [6.45, 7) is 2.74. The molecule has 0 radical (unpaired) electrons. The molecule has 0 aromatic heterocycles. The molecule has 18 heavy (non-hydrogen) atoms. The summed E-state index contributed by atoms with van der Waals surface area (Å²) in [5, 5.41) is 10.8. The van der Waals surface area contributed by atoms with Crippen molar-refractivity contribution in [2.75, 3.05) is 25.0 Å². The third-order valence-electron chi connectivity index (χ3n) is 4.95. The lowest BCUT2D eigenvalue weighted by molar-refractivity contribution is 0.0655. The maximum Gasteiger partial charge on any atom is 0.0586 e. The lowest BCUT2D eigenvalue weighted by Gasteiger charge is -2.42. The highest BCUT2D eigenvalue weighted by Crippen LogP contribution is 2.39. The molecule has 0 aromatic carbocycles. The molecule has 2 rings (SSSR count). The van der Waals surface area contributed by atoms with Crippen molar-refractivity contribution in [1.29, 1.82) is 0 Å². The van der Waals surface area contributed by atoms with Crippen molar-refractivity contribution in [1.82, 2.24) is 4.90 Å². The monoisotopic (exact) mass is 317 g/mol. The molecule has 1 saturated carbocycles. The Bertz CT molecular complexity index is 241. The predicted octanol–water partition coefficient (Wildman–Crippen LogP) is 3.57. The minimum absolute atomic E-state index is 0.346. The zero-order valence-corrected chi connectivity index (χ0v) is 13.1. The maximum absolute atomic E-state index is 9.62. The summed E-state index contributed by atoms with van der Waals surface area (Å²) in [5.74, 6) is 0. The van der Waals surface area contributed by atoms with E-state index in [1.54, 1.807) is 0 Å². The van der Waals surface area contributed by atoms with Crippen LogP contribution in [0, 0.1) is 5.41 Å². The highest BCUT2D eigenvalue weighted by atomic mass is 79.9. The smallest absolute Gasteiger partial charge is 0.0586 e. The van der Waals surface area contributed by atoms with Gasteiger partial charge < -0.3 is 5.11 Å². The van der Waals surface area contributed by atoms with E-state index in [-0.39, 0.29) is 0 Å². The first-order valence-electron chi connectivity index (χ1n) is 7.70. The van der Waals surface area contributed by atoms with E-state index in [2.05, 4.69) is 20.8 Å². The van der Waals surface area contributed by atoms with Gasteiger partial charge in [0.1, 0.15) is 0 Å². The molecule has 0 aromatic rings. The Labute approximate surface area is 120 Å². The van der Waals surface area contributed by atoms with Gasteiger partial charge in [-0.1, -0.05) is 48.0 Å². The van der Waals surface area contributed by atoms with Crippen LogP contribution in [-0.2, 0) is 0 Å². The SMILES string of the molecule is OCC1CCCCCN1CC1(CBr)CCCCC1. The number of likely N-dealkylation sites (tertiary alicyclic amines) is 1. The van der Waals surface area contributed by atoms with Crippen LogP contribution >= 0.6 is 15.9 Å². The van der Waals surface area contributed by atoms with Gasteiger partial charge >= 0.3 is 0 Å². The summed E-state index contributed by atoms with van der Waals surface area (Å²) in [4.78, 5) is 2.60. The van der Waals surface area contributed by atoms with Gasteiger partial charge in [-0.2, -0.15) is 0 Å². The van der Waals surface area contributed by atoms with Crippen LogP contribution in [0.2, 0.25) is 0 Å². The molecule has 106 valence electrons. The standard InChI is InChI=1S/C15H28BrNO/c16-12-15(8-4-2-5-9-15)13-17-10-6-1-3-7-14(17)11-18/h14,18H,1-13H2. The number of hydrogen-bond acceptors (Lipinski definition) is 2. The molecule has 2 nitrogen and oxygen atoms in total. The summed E-state index contributed by atoms with van der Waals surface area (Å²) in [6, 6.07) is 0.422. The number of halogens is 1. The second-order valence-corrected chi connectivity index (χ2v) is 6.91. The van der Waals surface area contributed by atoms with Crippen molar-refractivity contribution >= 4 is 15.9 Å². The van der Waals surface area contributed by atoms with Crippen molar-refractivity contribution in [3.05, 3.63) is 0 Å². The number of hydrogen-bond donors (Lipinski definition) is 1. The van der Waals surface area contributed by atoms with Crippen LogP contribution in [-0.4, -0.2) is 41.1 Å². The summed E-state index contributed by atoms with van der Waals surface area (Å²) in [7, 11) is 0. The van der Waals surface area contributed by atoms with Gasteiger partial charge in [-0.25, -0.2) is 0 Å². The van der Waals surface area contributed by atoms with Crippen LogP contribution in [0.15, 0.2) is 0 Å². The van der Waals surface area contributed by atoms with E-state index >= 15 is 0 Å². The molecule has 1 saturated heterocycles. The van der Waals surface area contributed by atoms with E-state index in [4.69, 9.17) is 0 Å². The van der Waals surface area contributed by atoms with Gasteiger partial charge in [0.2, 0.25) is 0 Å². The highest BCUT2D eigenvalue weighted by Gasteiger charge is 2.35. The number of rotatable bonds is 4. The second kappa shape index (κ2) is 7.25. The maximum atomic E-state index is 9.62. The Morgan fingerprint density at radius 3 is 2.44 bits per heavy atom. The number of aliphatic hydroxyl groups is 1. The molecule has 0 bridgehead atoms. The fourth-order valence-corrected chi connectivity index (χ4v) is 4.46. The van der Waals surface area contributed by atoms with E-state index < -0.39 is 0 Å². The summed E-state index contributed by atoms with van der Waals surface area (Å²) in [5.41, 5.74) is 0.482. The topological polar surface area (TPSA) is 23.5 Å². The largest absolute Gasteiger partial charge is 0.395 e. The van der Waals surface area contributed by atoms with Crippen LogP contribution in [0.3, 0.4) is 0 Å². The molecule has 1 aliphatic carbocycles. The first-order valence-corrected chi connectivity index (χ1v) is 8.83. The molecular weight excluding hydrogens is 290 g/mol. The van der Waals surface area contributed by atoms with Crippen molar-refractivity contribution in [3.8, 4) is 0 Å². The van der Waals surface area contributed by atoms with Crippen LogP contribution < -0.4 is 0 Å². The quantitative estimate of drug-likeness (QED) is 0.801. The lowest BCUT2D eigenvalue weighted by Crippen LogP contribution is -2.46. The normalized spacial score (nSPS) is 30.0.